The van der Waals surface area contributed by atoms with Crippen LogP contribution in [0.4, 0.5) is 5.82 Å². The van der Waals surface area contributed by atoms with Crippen molar-refractivity contribution in [2.75, 3.05) is 31.2 Å². The number of morpholine rings is 1. The first-order chi connectivity index (χ1) is 16.2. The number of nitrogens with one attached hydrogen (secondary N) is 2. The molecule has 10 heteroatoms. The molecule has 1 aliphatic rings. The number of rotatable bonds is 4. The summed E-state index contributed by atoms with van der Waals surface area (Å²) < 4.78 is 8.38. The van der Waals surface area contributed by atoms with Gasteiger partial charge in [0.15, 0.2) is 5.65 Å². The lowest BCUT2D eigenvalue weighted by Crippen LogP contribution is -2.36. The van der Waals surface area contributed by atoms with Crippen molar-refractivity contribution >= 4 is 49.1 Å². The van der Waals surface area contributed by atoms with Gasteiger partial charge in [-0.3, -0.25) is 19.1 Å². The average molecular weight is 461 g/mol. The fourth-order valence-corrected chi connectivity index (χ4v) is 5.38. The van der Waals surface area contributed by atoms with E-state index in [9.17, 15) is 9.59 Å². The minimum Gasteiger partial charge on any atom is -0.378 e. The number of nitrogens with zero attached hydrogens (tertiary/aromatic N) is 4. The number of anilines is 1. The number of hydrogen-bond donors (Lipinski definition) is 2. The topological polar surface area (TPSA) is 105 Å². The molecule has 33 heavy (non-hydrogen) atoms. The normalized spacial score (nSPS) is 14.4. The van der Waals surface area contributed by atoms with Crippen LogP contribution in [-0.2, 0) is 11.3 Å². The summed E-state index contributed by atoms with van der Waals surface area (Å²) in [5.41, 5.74) is 2.04. The summed E-state index contributed by atoms with van der Waals surface area (Å²) in [6, 6.07) is 13.3. The van der Waals surface area contributed by atoms with Crippen LogP contribution < -0.4 is 15.6 Å². The second-order valence-electron chi connectivity index (χ2n) is 7.82. The van der Waals surface area contributed by atoms with E-state index in [1.807, 2.05) is 34.7 Å². The van der Waals surface area contributed by atoms with E-state index in [4.69, 9.17) is 9.72 Å². The molecule has 1 saturated heterocycles. The van der Waals surface area contributed by atoms with Gasteiger partial charge in [-0.25, -0.2) is 4.98 Å². The molecule has 0 saturated carbocycles. The number of thiazole rings is 1. The first kappa shape index (κ1) is 19.9. The zero-order valence-electron chi connectivity index (χ0n) is 17.6. The highest BCUT2D eigenvalue weighted by Gasteiger charge is 2.23. The number of para-hydroxylation sites is 1. The van der Waals surface area contributed by atoms with Crippen LogP contribution in [0.15, 0.2) is 53.5 Å². The molecule has 166 valence electrons. The Morgan fingerprint density at radius 1 is 1.15 bits per heavy atom. The maximum absolute atomic E-state index is 13.5. The van der Waals surface area contributed by atoms with Crippen LogP contribution in [0.1, 0.15) is 16.1 Å². The highest BCUT2D eigenvalue weighted by molar-refractivity contribution is 7.24. The number of pyridine rings is 2. The molecule has 0 atom stereocenters. The Morgan fingerprint density at radius 3 is 2.82 bits per heavy atom. The quantitative estimate of drug-likeness (QED) is 0.427. The Hall–Kier alpha value is -3.76. The Morgan fingerprint density at radius 2 is 2.00 bits per heavy atom. The van der Waals surface area contributed by atoms with Gasteiger partial charge in [0.05, 0.1) is 41.1 Å². The second kappa shape index (κ2) is 7.98. The largest absolute Gasteiger partial charge is 0.378 e. The van der Waals surface area contributed by atoms with E-state index in [1.54, 1.807) is 18.3 Å². The lowest BCUT2D eigenvalue weighted by Gasteiger charge is -2.27. The number of ether oxygens (including phenoxy) is 1. The number of aromatic amines is 1. The molecule has 1 fully saturated rings. The summed E-state index contributed by atoms with van der Waals surface area (Å²) >= 11 is 1.42. The van der Waals surface area contributed by atoms with E-state index in [1.165, 1.54) is 11.3 Å². The number of carbonyl (C=O) groups is 1. The molecule has 0 unspecified atom stereocenters. The van der Waals surface area contributed by atoms with Crippen molar-refractivity contribution in [2.45, 2.75) is 6.54 Å². The number of carbonyl (C=O) groups excluding carboxylic acids is 1. The second-order valence-corrected chi connectivity index (χ2v) is 8.85. The minimum absolute atomic E-state index is 0.129. The molecule has 1 aromatic carbocycles. The van der Waals surface area contributed by atoms with E-state index in [2.05, 4.69) is 20.4 Å². The van der Waals surface area contributed by atoms with Gasteiger partial charge in [-0.2, -0.15) is 5.10 Å². The molecule has 9 nitrogen and oxygen atoms in total. The number of hydrogen-bond acceptors (Lipinski definition) is 7. The van der Waals surface area contributed by atoms with Crippen molar-refractivity contribution in [1.82, 2.24) is 24.9 Å². The van der Waals surface area contributed by atoms with Crippen molar-refractivity contribution in [1.29, 1.82) is 0 Å². The van der Waals surface area contributed by atoms with Crippen LogP contribution in [0.5, 0.6) is 0 Å². The van der Waals surface area contributed by atoms with E-state index in [0.29, 0.717) is 29.1 Å². The molecule has 1 amide bonds. The predicted molar refractivity (Wildman–Crippen MR) is 127 cm³/mol. The third-order valence-electron chi connectivity index (χ3n) is 5.83. The molecule has 0 bridgehead atoms. The van der Waals surface area contributed by atoms with Gasteiger partial charge in [-0.1, -0.05) is 12.1 Å². The lowest BCUT2D eigenvalue weighted by atomic mass is 10.1. The molecule has 6 rings (SSSR count). The minimum atomic E-state index is -0.419. The molecular formula is C23H20N6O3S. The summed E-state index contributed by atoms with van der Waals surface area (Å²) in [4.78, 5) is 34.4. The lowest BCUT2D eigenvalue weighted by molar-refractivity contribution is 0.0951. The van der Waals surface area contributed by atoms with Gasteiger partial charge < -0.3 is 15.0 Å². The molecule has 4 aromatic heterocycles. The third kappa shape index (κ3) is 3.35. The zero-order valence-corrected chi connectivity index (χ0v) is 18.4. The number of amides is 1. The van der Waals surface area contributed by atoms with Gasteiger partial charge in [-0.15, -0.1) is 11.3 Å². The molecule has 2 N–H and O–H groups in total. The fourth-order valence-electron chi connectivity index (χ4n) is 4.19. The molecule has 0 radical (unpaired) electrons. The first-order valence-corrected chi connectivity index (χ1v) is 11.5. The van der Waals surface area contributed by atoms with Crippen LogP contribution in [0.2, 0.25) is 0 Å². The zero-order chi connectivity index (χ0) is 22.4. The van der Waals surface area contributed by atoms with Gasteiger partial charge >= 0.3 is 0 Å². The van der Waals surface area contributed by atoms with E-state index >= 15 is 0 Å². The summed E-state index contributed by atoms with van der Waals surface area (Å²) in [7, 11) is 0. The van der Waals surface area contributed by atoms with E-state index in [-0.39, 0.29) is 17.5 Å². The average Bonchev–Trinajstić information content (AvgIpc) is 3.51. The summed E-state index contributed by atoms with van der Waals surface area (Å²) in [6.45, 7) is 3.03. The Bertz CT molecular complexity index is 1550. The Labute approximate surface area is 191 Å². The van der Waals surface area contributed by atoms with Gasteiger partial charge in [0.25, 0.3) is 5.91 Å². The smallest absolute Gasteiger partial charge is 0.258 e. The maximum atomic E-state index is 13.5. The first-order valence-electron chi connectivity index (χ1n) is 10.7. The summed E-state index contributed by atoms with van der Waals surface area (Å²) in [6.07, 6.45) is 1.62. The Balaban J connectivity index is 1.57. The Kier molecular flexibility index (Phi) is 4.81. The molecule has 5 heterocycles. The van der Waals surface area contributed by atoms with Crippen LogP contribution in [0, 0.1) is 0 Å². The molecule has 1 aliphatic heterocycles. The number of fused-ring (bicyclic) bond motifs is 5. The van der Waals surface area contributed by atoms with Crippen molar-refractivity contribution in [2.24, 2.45) is 0 Å². The number of H-pyrrole nitrogens is 1. The third-order valence-corrected chi connectivity index (χ3v) is 6.98. The maximum Gasteiger partial charge on any atom is 0.258 e. The summed E-state index contributed by atoms with van der Waals surface area (Å²) in [5, 5.41) is 9.98. The number of benzene rings is 1. The SMILES string of the molecule is O=C(NCc1ccn[nH]1)c1c(=O)c2ccc(N3CCOCC3)nc2n2c1sc1ccccc12. The van der Waals surface area contributed by atoms with E-state index < -0.39 is 5.91 Å². The molecule has 0 aliphatic carbocycles. The van der Waals surface area contributed by atoms with Crippen LogP contribution >= 0.6 is 11.3 Å². The predicted octanol–water partition coefficient (Wildman–Crippen LogP) is 2.55. The standard InChI is InChI=1S/C23H20N6O3S/c30-20-15-5-6-18(28-9-11-32-12-10-28)26-21(15)29-16-3-1-2-4-17(16)33-23(29)19(20)22(31)24-13-14-7-8-25-27-14/h1-8H,9-13H2,(H,24,31)(H,25,27). The van der Waals surface area contributed by atoms with Gasteiger partial charge in [-0.05, 0) is 30.3 Å². The van der Waals surface area contributed by atoms with Crippen molar-refractivity contribution in [3.8, 4) is 0 Å². The van der Waals surface area contributed by atoms with Gasteiger partial charge in [0.2, 0.25) is 5.43 Å². The van der Waals surface area contributed by atoms with E-state index in [0.717, 1.165) is 34.8 Å². The van der Waals surface area contributed by atoms with Crippen LogP contribution in [-0.4, -0.2) is 51.8 Å². The highest BCUT2D eigenvalue weighted by Crippen LogP contribution is 2.31. The van der Waals surface area contributed by atoms with Crippen LogP contribution in [0.25, 0.3) is 26.1 Å². The van der Waals surface area contributed by atoms with Gasteiger partial charge in [0, 0.05) is 19.3 Å². The highest BCUT2D eigenvalue weighted by atomic mass is 32.1. The molecule has 5 aromatic rings. The van der Waals surface area contributed by atoms with Crippen molar-refractivity contribution in [3.05, 3.63) is 70.1 Å². The number of aromatic nitrogens is 4. The van der Waals surface area contributed by atoms with Crippen LogP contribution in [0.3, 0.4) is 0 Å². The fraction of sp³-hybridized carbons (Fsp3) is 0.217. The van der Waals surface area contributed by atoms with Gasteiger partial charge in [0.1, 0.15) is 16.2 Å². The summed E-state index contributed by atoms with van der Waals surface area (Å²) in [5.74, 6) is 0.378. The monoisotopic (exact) mass is 460 g/mol. The van der Waals surface area contributed by atoms with Crippen molar-refractivity contribution in [3.63, 3.8) is 0 Å². The molecule has 0 spiro atoms. The molecular weight excluding hydrogens is 440 g/mol. The van der Waals surface area contributed by atoms with Crippen molar-refractivity contribution < 1.29 is 9.53 Å².